The van der Waals surface area contributed by atoms with Gasteiger partial charge < -0.3 is 24.2 Å². The second-order valence-electron chi connectivity index (χ2n) is 20.5. The molecule has 0 fully saturated rings. The number of aliphatic hydroxyl groups excluding tert-OH is 1. The first-order valence-corrected chi connectivity index (χ1v) is 32.6. The van der Waals surface area contributed by atoms with Gasteiger partial charge in [0.05, 0.1) is 26.2 Å². The van der Waals surface area contributed by atoms with Crippen LogP contribution in [0.5, 0.6) is 0 Å². The summed E-state index contributed by atoms with van der Waals surface area (Å²) in [4.78, 5) is 48.6. The maximum atomic E-state index is 12.9. The minimum Gasteiger partial charge on any atom is -0.461 e. The van der Waals surface area contributed by atoms with Crippen LogP contribution in [-0.2, 0) is 42.2 Å². The summed E-state index contributed by atoms with van der Waals surface area (Å²) >= 11 is 0. The van der Waals surface area contributed by atoms with E-state index in [1.165, 1.54) is 109 Å². The van der Waals surface area contributed by atoms with Crippen LogP contribution in [0, 0.1) is 0 Å². The summed E-state index contributed by atoms with van der Waals surface area (Å²) in [5.74, 6) is -1.63. The number of rotatable bonds is 57. The van der Waals surface area contributed by atoms with Crippen LogP contribution in [0.25, 0.3) is 0 Å². The Bertz CT molecular complexity index is 1680. The van der Waals surface area contributed by atoms with Gasteiger partial charge in [-0.1, -0.05) is 259 Å². The first kappa shape index (κ1) is 74.4. The maximum absolute atomic E-state index is 12.9. The van der Waals surface area contributed by atoms with Gasteiger partial charge in [0.2, 0.25) is 0 Å². The summed E-state index contributed by atoms with van der Waals surface area (Å²) in [6, 6.07) is 0. The summed E-state index contributed by atoms with van der Waals surface area (Å²) in [7, 11) is -4.78. The minimum atomic E-state index is -4.78. The van der Waals surface area contributed by atoms with Crippen LogP contribution in [0.15, 0.2) is 97.2 Å². The van der Waals surface area contributed by atoms with Gasteiger partial charge in [-0.25, -0.2) is 4.57 Å². The highest BCUT2D eigenvalue weighted by molar-refractivity contribution is 7.47. The van der Waals surface area contributed by atoms with Gasteiger partial charge in [-0.15, -0.1) is 0 Å². The van der Waals surface area contributed by atoms with Crippen molar-refractivity contribution >= 4 is 25.7 Å². The van der Waals surface area contributed by atoms with Gasteiger partial charge in [0.15, 0.2) is 6.10 Å². The molecule has 0 rings (SSSR count). The van der Waals surface area contributed by atoms with Crippen molar-refractivity contribution in [2.45, 2.75) is 277 Å². The van der Waals surface area contributed by atoms with Gasteiger partial charge in [-0.3, -0.25) is 23.4 Å². The van der Waals surface area contributed by atoms with Crippen LogP contribution in [0.4, 0.5) is 0 Å². The lowest BCUT2D eigenvalue weighted by molar-refractivity contribution is -0.161. The molecule has 0 bridgehead atoms. The molecule has 78 heavy (non-hydrogen) atoms. The average molecular weight is 1110 g/mol. The molecule has 0 aliphatic carbocycles. The van der Waals surface area contributed by atoms with Crippen LogP contribution in [0.2, 0.25) is 0 Å². The summed E-state index contributed by atoms with van der Waals surface area (Å²) < 4.78 is 39.5. The van der Waals surface area contributed by atoms with E-state index in [1.54, 1.807) is 6.08 Å². The molecular weight excluding hydrogens is 1000 g/mol. The summed E-state index contributed by atoms with van der Waals surface area (Å²) in [6.45, 7) is 4.41. The van der Waals surface area contributed by atoms with Gasteiger partial charge in [0.25, 0.3) is 0 Å². The Balaban J connectivity index is 4.79. The average Bonchev–Trinajstić information content (AvgIpc) is 3.43. The molecule has 2 N–H and O–H groups in total. The van der Waals surface area contributed by atoms with E-state index in [0.29, 0.717) is 19.3 Å². The van der Waals surface area contributed by atoms with E-state index in [0.717, 1.165) is 96.3 Å². The Hall–Kier alpha value is -3.60. The van der Waals surface area contributed by atoms with Gasteiger partial charge in [0.1, 0.15) is 12.7 Å². The number of hydrogen-bond acceptors (Lipinski definition) is 10. The number of phosphoric acid groups is 1. The zero-order valence-electron chi connectivity index (χ0n) is 49.6. The Labute approximate surface area is 476 Å². The Morgan fingerprint density at radius 1 is 0.385 bits per heavy atom. The molecule has 0 heterocycles. The van der Waals surface area contributed by atoms with Gasteiger partial charge in [0, 0.05) is 12.8 Å². The van der Waals surface area contributed by atoms with Gasteiger partial charge in [-0.2, -0.15) is 0 Å². The molecule has 0 aromatic heterocycles. The van der Waals surface area contributed by atoms with Crippen molar-refractivity contribution < 1.29 is 52.2 Å². The molecule has 0 aliphatic heterocycles. The standard InChI is InChI=1S/C66H113O11P/c1-4-7-10-13-16-19-22-25-28-30-31-33-36-39-42-45-48-51-54-57-66(70)77-63(59-73-64(68)55-52-49-46-43-40-37-34-27-24-21-18-15-12-9-6-3)61-75-78(71,72)74-60-62(58-67)76-65(69)56-53-50-47-44-41-38-35-32-29-26-23-20-17-14-11-8-5-2/h9,12,16,18-19,21,25,27-28,31,33-34,40,43,49,52,62-63,67H,4-8,10-11,13-15,17,20,22-24,26,29-30,32,35-39,41-42,44-48,50-51,53-61H2,1-3H3,(H,71,72)/b12-9-,19-16-,21-18-,28-25-,33-31-,34-27-,43-40-,52-49-. The van der Waals surface area contributed by atoms with Crippen LogP contribution in [0.1, 0.15) is 265 Å². The molecule has 0 aliphatic rings. The largest absolute Gasteiger partial charge is 0.472 e. The third-order valence-electron chi connectivity index (χ3n) is 13.0. The lowest BCUT2D eigenvalue weighted by atomic mass is 10.0. The molecule has 0 saturated heterocycles. The zero-order chi connectivity index (χ0) is 56.9. The maximum Gasteiger partial charge on any atom is 0.472 e. The Morgan fingerprint density at radius 3 is 1.12 bits per heavy atom. The van der Waals surface area contributed by atoms with E-state index < -0.39 is 64.4 Å². The SMILES string of the molecule is CC/C=C\C/C=C\C/C=C\C/C=C\C/C=C\CC(=O)OCC(COP(=O)(O)OCC(CO)OC(=O)CCCCCCCCCCCCCCCCCCC)OC(=O)CCCCCCCC/C=C\C/C=C\C/C=C\CCCCC. The molecule has 0 spiro atoms. The van der Waals surface area contributed by atoms with Crippen molar-refractivity contribution in [3.63, 3.8) is 0 Å². The number of phosphoric ester groups is 1. The second kappa shape index (κ2) is 59.5. The van der Waals surface area contributed by atoms with Crippen molar-refractivity contribution in [2.24, 2.45) is 0 Å². The molecule has 0 saturated carbocycles. The third-order valence-corrected chi connectivity index (χ3v) is 14.0. The van der Waals surface area contributed by atoms with E-state index >= 15 is 0 Å². The normalized spacial score (nSPS) is 14.0. The highest BCUT2D eigenvalue weighted by Crippen LogP contribution is 2.43. The lowest BCUT2D eigenvalue weighted by Crippen LogP contribution is -2.30. The smallest absolute Gasteiger partial charge is 0.461 e. The van der Waals surface area contributed by atoms with Crippen molar-refractivity contribution in [2.75, 3.05) is 26.4 Å². The number of hydrogen-bond donors (Lipinski definition) is 2. The molecule has 0 aromatic rings. The number of carbonyl (C=O) groups is 3. The van der Waals surface area contributed by atoms with Crippen molar-refractivity contribution in [3.05, 3.63) is 97.2 Å². The quantitative estimate of drug-likeness (QED) is 0.0197. The fourth-order valence-electron chi connectivity index (χ4n) is 8.32. The molecule has 12 heteroatoms. The number of carbonyl (C=O) groups excluding carboxylic acids is 3. The van der Waals surface area contributed by atoms with Crippen LogP contribution < -0.4 is 0 Å². The Morgan fingerprint density at radius 2 is 0.705 bits per heavy atom. The van der Waals surface area contributed by atoms with E-state index in [-0.39, 0.29) is 19.3 Å². The Kier molecular flexibility index (Phi) is 56.8. The van der Waals surface area contributed by atoms with Crippen LogP contribution >= 0.6 is 7.82 Å². The van der Waals surface area contributed by atoms with E-state index in [2.05, 4.69) is 99.8 Å². The molecule has 448 valence electrons. The summed E-state index contributed by atoms with van der Waals surface area (Å²) in [6.07, 6.45) is 71.0. The fourth-order valence-corrected chi connectivity index (χ4v) is 9.10. The zero-order valence-corrected chi connectivity index (χ0v) is 50.5. The molecular formula is C66H113O11P. The highest BCUT2D eigenvalue weighted by Gasteiger charge is 2.28. The van der Waals surface area contributed by atoms with Gasteiger partial charge >= 0.3 is 25.7 Å². The number of allylic oxidation sites excluding steroid dienone is 15. The molecule has 3 unspecified atom stereocenters. The van der Waals surface area contributed by atoms with Gasteiger partial charge in [-0.05, 0) is 83.5 Å². The first-order chi connectivity index (χ1) is 38.2. The summed E-state index contributed by atoms with van der Waals surface area (Å²) in [5, 5.41) is 9.84. The van der Waals surface area contributed by atoms with E-state index in [4.69, 9.17) is 23.3 Å². The van der Waals surface area contributed by atoms with Crippen LogP contribution in [-0.4, -0.2) is 66.5 Å². The molecule has 0 radical (unpaired) electrons. The second-order valence-corrected chi connectivity index (χ2v) is 22.0. The topological polar surface area (TPSA) is 155 Å². The predicted octanol–water partition coefficient (Wildman–Crippen LogP) is 18.8. The van der Waals surface area contributed by atoms with Crippen molar-refractivity contribution in [1.29, 1.82) is 0 Å². The monoisotopic (exact) mass is 1110 g/mol. The predicted molar refractivity (Wildman–Crippen MR) is 325 cm³/mol. The third kappa shape index (κ3) is 57.1. The molecule has 0 amide bonds. The van der Waals surface area contributed by atoms with Crippen LogP contribution in [0.3, 0.4) is 0 Å². The van der Waals surface area contributed by atoms with E-state index in [9.17, 15) is 28.9 Å². The summed E-state index contributed by atoms with van der Waals surface area (Å²) in [5.41, 5.74) is 0. The fraction of sp³-hybridized carbons (Fsp3) is 0.712. The van der Waals surface area contributed by atoms with Crippen molar-refractivity contribution in [3.8, 4) is 0 Å². The van der Waals surface area contributed by atoms with Crippen molar-refractivity contribution in [1.82, 2.24) is 0 Å². The number of esters is 3. The molecule has 0 aromatic carbocycles. The molecule has 3 atom stereocenters. The first-order valence-electron chi connectivity index (χ1n) is 31.1. The lowest BCUT2D eigenvalue weighted by Gasteiger charge is -2.21. The minimum absolute atomic E-state index is 0.0115. The van der Waals surface area contributed by atoms with E-state index in [1.807, 2.05) is 12.2 Å². The highest BCUT2D eigenvalue weighted by atomic mass is 31.2. The number of aliphatic hydroxyl groups is 1. The molecule has 11 nitrogen and oxygen atoms in total. The number of ether oxygens (including phenoxy) is 3. The number of unbranched alkanes of at least 4 members (excludes halogenated alkanes) is 25.